The van der Waals surface area contributed by atoms with Gasteiger partial charge in [-0.05, 0) is 42.7 Å². The molecule has 2 aromatic carbocycles. The Morgan fingerprint density at radius 3 is 2.37 bits per heavy atom. The number of carbonyl (C=O) groups is 1. The first-order chi connectivity index (χ1) is 17.1. The first-order valence-corrected chi connectivity index (χ1v) is 12.2. The van der Waals surface area contributed by atoms with Gasteiger partial charge < -0.3 is 14.7 Å². The molecule has 2 saturated heterocycles. The molecule has 0 bridgehead atoms. The minimum absolute atomic E-state index is 0.0899. The summed E-state index contributed by atoms with van der Waals surface area (Å²) in [6.45, 7) is 4.63. The number of carbonyl (C=O) groups excluding carboxylic acids is 1. The van der Waals surface area contributed by atoms with E-state index in [1.165, 1.54) is 16.8 Å². The molecule has 2 fully saturated rings. The van der Waals surface area contributed by atoms with E-state index in [-0.39, 0.29) is 23.2 Å². The second-order valence-electron chi connectivity index (χ2n) is 9.27. The number of halogens is 1. The molecule has 3 heterocycles. The summed E-state index contributed by atoms with van der Waals surface area (Å²) in [7, 11) is 0. The summed E-state index contributed by atoms with van der Waals surface area (Å²) in [5.41, 5.74) is 2.64. The summed E-state index contributed by atoms with van der Waals surface area (Å²) < 4.78 is 14.7. The predicted molar refractivity (Wildman–Crippen MR) is 134 cm³/mol. The van der Waals surface area contributed by atoms with E-state index in [9.17, 15) is 14.0 Å². The normalized spacial score (nSPS) is 18.5. The number of piperazine rings is 1. The molecule has 0 aliphatic carbocycles. The Morgan fingerprint density at radius 1 is 0.914 bits per heavy atom. The molecule has 8 heteroatoms. The van der Waals surface area contributed by atoms with Crippen molar-refractivity contribution in [2.24, 2.45) is 5.92 Å². The van der Waals surface area contributed by atoms with Crippen LogP contribution in [0.5, 0.6) is 0 Å². The molecule has 2 aliphatic heterocycles. The quantitative estimate of drug-likeness (QED) is 0.568. The minimum Gasteiger partial charge on any atom is -0.369 e. The Hall–Kier alpha value is -3.68. The third kappa shape index (κ3) is 5.37. The summed E-state index contributed by atoms with van der Waals surface area (Å²) in [4.78, 5) is 32.2. The largest absolute Gasteiger partial charge is 0.369 e. The zero-order valence-electron chi connectivity index (χ0n) is 19.7. The molecule has 1 atom stereocenters. The van der Waals surface area contributed by atoms with Gasteiger partial charge in [-0.25, -0.2) is 9.07 Å². The minimum atomic E-state index is -0.242. The Balaban J connectivity index is 1.19. The lowest BCUT2D eigenvalue weighted by Gasteiger charge is -2.40. The summed E-state index contributed by atoms with van der Waals surface area (Å²) in [6.07, 6.45) is 3.49. The zero-order valence-corrected chi connectivity index (χ0v) is 19.7. The maximum absolute atomic E-state index is 13.3. The number of anilines is 2. The van der Waals surface area contributed by atoms with Gasteiger partial charge in [-0.3, -0.25) is 9.59 Å². The van der Waals surface area contributed by atoms with Gasteiger partial charge in [-0.2, -0.15) is 5.10 Å². The maximum Gasteiger partial charge on any atom is 0.269 e. The summed E-state index contributed by atoms with van der Waals surface area (Å²) in [5, 5.41) is 4.39. The lowest BCUT2D eigenvalue weighted by atomic mass is 9.96. The highest BCUT2D eigenvalue weighted by Gasteiger charge is 2.31. The number of rotatable bonds is 5. The Labute approximate surface area is 204 Å². The lowest BCUT2D eigenvalue weighted by molar-refractivity contribution is -0.136. The van der Waals surface area contributed by atoms with E-state index in [1.54, 1.807) is 24.4 Å². The van der Waals surface area contributed by atoms with Crippen molar-refractivity contribution >= 4 is 17.3 Å². The topological polar surface area (TPSA) is 61.7 Å². The van der Waals surface area contributed by atoms with E-state index in [1.807, 2.05) is 35.2 Å². The molecule has 1 amide bonds. The smallest absolute Gasteiger partial charge is 0.269 e. The van der Waals surface area contributed by atoms with Gasteiger partial charge in [-0.15, -0.1) is 0 Å². The van der Waals surface area contributed by atoms with Gasteiger partial charge >= 0.3 is 0 Å². The van der Waals surface area contributed by atoms with Crippen LogP contribution in [0.1, 0.15) is 18.4 Å². The van der Waals surface area contributed by atoms with Crippen LogP contribution in [-0.2, 0) is 11.3 Å². The number of nitrogens with zero attached hydrogens (tertiary/aromatic N) is 5. The van der Waals surface area contributed by atoms with Crippen molar-refractivity contribution in [2.45, 2.75) is 19.4 Å². The Morgan fingerprint density at radius 2 is 1.66 bits per heavy atom. The van der Waals surface area contributed by atoms with Crippen molar-refractivity contribution in [2.75, 3.05) is 49.1 Å². The maximum atomic E-state index is 13.3. The van der Waals surface area contributed by atoms with E-state index in [0.29, 0.717) is 26.2 Å². The molecule has 0 saturated carbocycles. The van der Waals surface area contributed by atoms with E-state index in [2.05, 4.69) is 14.9 Å². The van der Waals surface area contributed by atoms with Gasteiger partial charge in [0.2, 0.25) is 5.91 Å². The molecule has 2 aliphatic rings. The molecule has 0 N–H and O–H groups in total. The van der Waals surface area contributed by atoms with Crippen molar-refractivity contribution in [3.63, 3.8) is 0 Å². The predicted octanol–water partition coefficient (Wildman–Crippen LogP) is 3.00. The second-order valence-corrected chi connectivity index (χ2v) is 9.27. The zero-order chi connectivity index (χ0) is 24.2. The number of hydrogen-bond acceptors (Lipinski definition) is 5. The SMILES string of the molecule is O=C([C@@H]1CCCN(c2cnn(Cc3ccccc3)c(=O)c2)C1)N1CCN(c2ccc(F)cc2)CC1. The molecule has 0 radical (unpaired) electrons. The van der Waals surface area contributed by atoms with Gasteiger partial charge in [0.25, 0.3) is 5.56 Å². The van der Waals surface area contributed by atoms with Crippen LogP contribution in [0.25, 0.3) is 0 Å². The molecule has 3 aromatic rings. The van der Waals surface area contributed by atoms with Crippen LogP contribution in [0, 0.1) is 11.7 Å². The second kappa shape index (κ2) is 10.3. The van der Waals surface area contributed by atoms with Crippen LogP contribution in [-0.4, -0.2) is 59.9 Å². The van der Waals surface area contributed by atoms with Crippen LogP contribution < -0.4 is 15.4 Å². The first kappa shape index (κ1) is 23.1. The third-order valence-corrected chi connectivity index (χ3v) is 6.95. The molecule has 0 unspecified atom stereocenters. The fraction of sp³-hybridized carbons (Fsp3) is 0.370. The Kier molecular flexibility index (Phi) is 6.79. The number of piperidine rings is 1. The monoisotopic (exact) mass is 475 g/mol. The third-order valence-electron chi connectivity index (χ3n) is 6.95. The number of aromatic nitrogens is 2. The van der Waals surface area contributed by atoms with Gasteiger partial charge in [0, 0.05) is 51.0 Å². The van der Waals surface area contributed by atoms with Crippen molar-refractivity contribution in [1.29, 1.82) is 0 Å². The fourth-order valence-electron chi connectivity index (χ4n) is 4.98. The molecule has 5 rings (SSSR count). The molecule has 182 valence electrons. The van der Waals surface area contributed by atoms with Crippen molar-refractivity contribution in [1.82, 2.24) is 14.7 Å². The van der Waals surface area contributed by atoms with Gasteiger partial charge in [0.15, 0.2) is 0 Å². The van der Waals surface area contributed by atoms with Crippen molar-refractivity contribution in [3.8, 4) is 0 Å². The molecular weight excluding hydrogens is 445 g/mol. The summed E-state index contributed by atoms with van der Waals surface area (Å²) in [5.74, 6) is -0.153. The number of amides is 1. The van der Waals surface area contributed by atoms with Crippen molar-refractivity contribution < 1.29 is 9.18 Å². The number of hydrogen-bond donors (Lipinski definition) is 0. The summed E-state index contributed by atoms with van der Waals surface area (Å²) >= 11 is 0. The molecule has 35 heavy (non-hydrogen) atoms. The van der Waals surface area contributed by atoms with E-state index in [0.717, 1.165) is 49.4 Å². The first-order valence-electron chi connectivity index (χ1n) is 12.2. The van der Waals surface area contributed by atoms with E-state index in [4.69, 9.17) is 0 Å². The van der Waals surface area contributed by atoms with Crippen molar-refractivity contribution in [3.05, 3.63) is 88.6 Å². The van der Waals surface area contributed by atoms with Gasteiger partial charge in [0.05, 0.1) is 24.3 Å². The lowest BCUT2D eigenvalue weighted by Crippen LogP contribution is -2.52. The fourth-order valence-corrected chi connectivity index (χ4v) is 4.98. The molecule has 1 aromatic heterocycles. The summed E-state index contributed by atoms with van der Waals surface area (Å²) in [6, 6.07) is 17.9. The highest BCUT2D eigenvalue weighted by atomic mass is 19.1. The van der Waals surface area contributed by atoms with Crippen LogP contribution in [0.2, 0.25) is 0 Å². The van der Waals surface area contributed by atoms with Crippen LogP contribution >= 0.6 is 0 Å². The Bertz CT molecular complexity index is 1210. The van der Waals surface area contributed by atoms with Crippen LogP contribution in [0.15, 0.2) is 71.7 Å². The van der Waals surface area contributed by atoms with Crippen LogP contribution in [0.3, 0.4) is 0 Å². The molecule has 7 nitrogen and oxygen atoms in total. The van der Waals surface area contributed by atoms with Gasteiger partial charge in [0.1, 0.15) is 5.82 Å². The average molecular weight is 476 g/mol. The van der Waals surface area contributed by atoms with Gasteiger partial charge in [-0.1, -0.05) is 30.3 Å². The molecule has 0 spiro atoms. The number of benzene rings is 2. The van der Waals surface area contributed by atoms with Crippen LogP contribution in [0.4, 0.5) is 15.8 Å². The highest BCUT2D eigenvalue weighted by Crippen LogP contribution is 2.24. The van der Waals surface area contributed by atoms with E-state index < -0.39 is 0 Å². The average Bonchev–Trinajstić information content (AvgIpc) is 2.91. The molecular formula is C27H30FN5O2. The standard InChI is InChI=1S/C27H30FN5O2/c28-23-8-10-24(11-9-23)30-13-15-31(16-14-30)27(35)22-7-4-12-32(20-22)25-17-26(34)33(29-18-25)19-21-5-2-1-3-6-21/h1-3,5-6,8-11,17-18,22H,4,7,12-16,19-20H2/t22-/m1/s1. The highest BCUT2D eigenvalue weighted by molar-refractivity contribution is 5.80. The van der Waals surface area contributed by atoms with E-state index >= 15 is 0 Å².